The third-order valence-electron chi connectivity index (χ3n) is 3.16. The Labute approximate surface area is 121 Å². The van der Waals surface area contributed by atoms with Gasteiger partial charge in [-0.3, -0.25) is 0 Å². The van der Waals surface area contributed by atoms with Gasteiger partial charge in [-0.15, -0.1) is 0 Å². The normalized spacial score (nSPS) is 11.2. The molecule has 0 saturated heterocycles. The van der Waals surface area contributed by atoms with Gasteiger partial charge in [0.15, 0.2) is 11.6 Å². The number of para-hydroxylation sites is 1. The second-order valence-corrected chi connectivity index (χ2v) is 5.05. The van der Waals surface area contributed by atoms with Crippen molar-refractivity contribution in [2.75, 3.05) is 5.73 Å². The van der Waals surface area contributed by atoms with Gasteiger partial charge < -0.3 is 10.5 Å². The van der Waals surface area contributed by atoms with Gasteiger partial charge in [0.1, 0.15) is 5.52 Å². The van der Waals surface area contributed by atoms with Gasteiger partial charge in [-0.05, 0) is 24.1 Å². The summed E-state index contributed by atoms with van der Waals surface area (Å²) in [5.74, 6) is -0.00206. The number of anilines is 1. The van der Waals surface area contributed by atoms with E-state index in [-0.39, 0.29) is 23.2 Å². The summed E-state index contributed by atoms with van der Waals surface area (Å²) >= 11 is 0. The smallest absolute Gasteiger partial charge is 0.245 e. The van der Waals surface area contributed by atoms with Crippen LogP contribution >= 0.6 is 0 Å². The van der Waals surface area contributed by atoms with E-state index in [1.54, 1.807) is 23.0 Å². The molecule has 6 heteroatoms. The fraction of sp³-hybridized carbons (Fsp3) is 0.200. The van der Waals surface area contributed by atoms with Gasteiger partial charge in [0.25, 0.3) is 0 Å². The predicted octanol–water partition coefficient (Wildman–Crippen LogP) is 3.37. The molecule has 0 unspecified atom stereocenters. The van der Waals surface area contributed by atoms with Crippen LogP contribution in [0.4, 0.5) is 10.1 Å². The average molecular weight is 286 g/mol. The van der Waals surface area contributed by atoms with Crippen molar-refractivity contribution in [3.8, 4) is 11.6 Å². The second kappa shape index (κ2) is 5.05. The molecule has 21 heavy (non-hydrogen) atoms. The summed E-state index contributed by atoms with van der Waals surface area (Å²) in [6, 6.07) is 6.28. The van der Waals surface area contributed by atoms with E-state index in [9.17, 15) is 4.39 Å². The lowest BCUT2D eigenvalue weighted by Gasteiger charge is -2.08. The minimum atomic E-state index is -0.526. The number of nitrogen functional groups attached to an aromatic ring is 1. The van der Waals surface area contributed by atoms with Crippen LogP contribution in [0.25, 0.3) is 5.52 Å². The summed E-state index contributed by atoms with van der Waals surface area (Å²) in [4.78, 5) is 4.15. The van der Waals surface area contributed by atoms with E-state index in [1.807, 2.05) is 19.9 Å². The van der Waals surface area contributed by atoms with Crippen LogP contribution in [-0.4, -0.2) is 14.6 Å². The summed E-state index contributed by atoms with van der Waals surface area (Å²) in [6.45, 7) is 4.09. The highest BCUT2D eigenvalue weighted by atomic mass is 19.1. The van der Waals surface area contributed by atoms with Gasteiger partial charge >= 0.3 is 0 Å². The number of hydrogen-bond acceptors (Lipinski definition) is 4. The highest BCUT2D eigenvalue weighted by Crippen LogP contribution is 2.31. The van der Waals surface area contributed by atoms with E-state index in [4.69, 9.17) is 10.5 Å². The van der Waals surface area contributed by atoms with Crippen molar-refractivity contribution in [3.63, 3.8) is 0 Å². The number of nitrogens with two attached hydrogens (primary N) is 1. The van der Waals surface area contributed by atoms with Crippen LogP contribution in [0.3, 0.4) is 0 Å². The van der Waals surface area contributed by atoms with E-state index in [2.05, 4.69) is 10.1 Å². The van der Waals surface area contributed by atoms with Crippen molar-refractivity contribution in [2.45, 2.75) is 19.8 Å². The quantitative estimate of drug-likeness (QED) is 0.750. The number of nitrogens with zero attached hydrogens (tertiary/aromatic N) is 3. The lowest BCUT2D eigenvalue weighted by molar-refractivity contribution is 0.432. The second-order valence-electron chi connectivity index (χ2n) is 5.05. The Morgan fingerprint density at radius 2 is 2.14 bits per heavy atom. The third-order valence-corrected chi connectivity index (χ3v) is 3.16. The van der Waals surface area contributed by atoms with Gasteiger partial charge in [-0.1, -0.05) is 19.9 Å². The monoisotopic (exact) mass is 286 g/mol. The molecule has 0 spiro atoms. The zero-order valence-corrected chi connectivity index (χ0v) is 11.7. The minimum absolute atomic E-state index is 0.0228. The molecule has 0 atom stereocenters. The molecule has 0 aliphatic carbocycles. The predicted molar refractivity (Wildman–Crippen MR) is 78.0 cm³/mol. The third kappa shape index (κ3) is 2.40. The van der Waals surface area contributed by atoms with E-state index in [0.29, 0.717) is 5.52 Å². The minimum Gasteiger partial charge on any atom is -0.432 e. The first-order valence-electron chi connectivity index (χ1n) is 6.62. The Balaban J connectivity index is 2.08. The van der Waals surface area contributed by atoms with E-state index >= 15 is 0 Å². The molecular weight excluding hydrogens is 271 g/mol. The molecule has 0 aliphatic heterocycles. The molecule has 2 aromatic heterocycles. The van der Waals surface area contributed by atoms with Crippen molar-refractivity contribution in [3.05, 3.63) is 48.2 Å². The van der Waals surface area contributed by atoms with Gasteiger partial charge in [0.05, 0.1) is 11.4 Å². The molecule has 0 bridgehead atoms. The Morgan fingerprint density at radius 3 is 2.86 bits per heavy atom. The maximum Gasteiger partial charge on any atom is 0.245 e. The zero-order valence-electron chi connectivity index (χ0n) is 11.7. The number of fused-ring (bicyclic) bond motifs is 1. The molecule has 108 valence electrons. The molecule has 2 N–H and O–H groups in total. The van der Waals surface area contributed by atoms with Crippen LogP contribution in [0.1, 0.15) is 25.5 Å². The maximum absolute atomic E-state index is 13.8. The molecule has 0 amide bonds. The first-order valence-corrected chi connectivity index (χ1v) is 6.62. The van der Waals surface area contributed by atoms with Gasteiger partial charge in [-0.25, -0.2) is 13.9 Å². The first-order chi connectivity index (χ1) is 10.1. The maximum atomic E-state index is 13.8. The highest BCUT2D eigenvalue weighted by Gasteiger charge is 2.14. The Morgan fingerprint density at radius 1 is 1.33 bits per heavy atom. The standard InChI is InChI=1S/C15H15FN4O/c1-9(2)12-8-13-15(18-6-7-20(13)19-12)21-14-10(16)4-3-5-11(14)17/h3-9H,17H2,1-2H3. The SMILES string of the molecule is CC(C)c1cc2c(Oc3c(N)cccc3F)nccn2n1. The fourth-order valence-corrected chi connectivity index (χ4v) is 2.01. The molecule has 0 saturated carbocycles. The number of benzene rings is 1. The van der Waals surface area contributed by atoms with Crippen LogP contribution in [0.5, 0.6) is 11.6 Å². The molecule has 5 nitrogen and oxygen atoms in total. The number of halogens is 1. The molecule has 2 heterocycles. The van der Waals surface area contributed by atoms with Crippen molar-refractivity contribution >= 4 is 11.2 Å². The van der Waals surface area contributed by atoms with E-state index < -0.39 is 5.82 Å². The van der Waals surface area contributed by atoms with Crippen molar-refractivity contribution in [1.82, 2.24) is 14.6 Å². The Hall–Kier alpha value is -2.63. The van der Waals surface area contributed by atoms with E-state index in [1.165, 1.54) is 12.1 Å². The van der Waals surface area contributed by atoms with Gasteiger partial charge in [-0.2, -0.15) is 5.10 Å². The number of hydrogen-bond donors (Lipinski definition) is 1. The molecule has 0 radical (unpaired) electrons. The molecule has 1 aromatic carbocycles. The van der Waals surface area contributed by atoms with Gasteiger partial charge in [0, 0.05) is 12.4 Å². The molecule has 3 rings (SSSR count). The Kier molecular flexibility index (Phi) is 3.21. The molecule has 0 aliphatic rings. The van der Waals surface area contributed by atoms with Crippen LogP contribution in [-0.2, 0) is 0 Å². The molecule has 3 aromatic rings. The van der Waals surface area contributed by atoms with Crippen LogP contribution in [0.15, 0.2) is 36.7 Å². The van der Waals surface area contributed by atoms with Crippen molar-refractivity contribution in [2.24, 2.45) is 0 Å². The summed E-state index contributed by atoms with van der Waals surface area (Å²) < 4.78 is 21.1. The number of ether oxygens (including phenoxy) is 1. The molecular formula is C15H15FN4O. The largest absolute Gasteiger partial charge is 0.432 e. The van der Waals surface area contributed by atoms with Crippen molar-refractivity contribution < 1.29 is 9.13 Å². The summed E-state index contributed by atoms with van der Waals surface area (Å²) in [7, 11) is 0. The van der Waals surface area contributed by atoms with Crippen LogP contribution < -0.4 is 10.5 Å². The molecule has 0 fully saturated rings. The van der Waals surface area contributed by atoms with Crippen LogP contribution in [0, 0.1) is 5.82 Å². The first kappa shape index (κ1) is 13.4. The number of aromatic nitrogens is 3. The highest BCUT2D eigenvalue weighted by molar-refractivity contribution is 5.61. The Bertz CT molecular complexity index is 777. The van der Waals surface area contributed by atoms with Crippen molar-refractivity contribution in [1.29, 1.82) is 0 Å². The van der Waals surface area contributed by atoms with Gasteiger partial charge in [0.2, 0.25) is 5.88 Å². The lowest BCUT2D eigenvalue weighted by atomic mass is 10.1. The summed E-state index contributed by atoms with van der Waals surface area (Å²) in [6.07, 6.45) is 3.27. The lowest BCUT2D eigenvalue weighted by Crippen LogP contribution is -1.98. The fourth-order valence-electron chi connectivity index (χ4n) is 2.01. The summed E-state index contributed by atoms with van der Waals surface area (Å²) in [5.41, 5.74) is 7.56. The van der Waals surface area contributed by atoms with E-state index in [0.717, 1.165) is 5.69 Å². The summed E-state index contributed by atoms with van der Waals surface area (Å²) in [5, 5.41) is 4.43. The zero-order chi connectivity index (χ0) is 15.0. The number of rotatable bonds is 3. The average Bonchev–Trinajstić information content (AvgIpc) is 2.88. The topological polar surface area (TPSA) is 65.4 Å². The van der Waals surface area contributed by atoms with Crippen LogP contribution in [0.2, 0.25) is 0 Å².